The maximum Gasteiger partial charge on any atom is 0.257 e. The zero-order chi connectivity index (χ0) is 14.8. The molecule has 1 aliphatic rings. The van der Waals surface area contributed by atoms with E-state index in [9.17, 15) is 4.79 Å². The molecule has 1 amide bonds. The Morgan fingerprint density at radius 3 is 2.71 bits per heavy atom. The zero-order valence-electron chi connectivity index (χ0n) is 11.8. The number of benzene rings is 1. The van der Waals surface area contributed by atoms with Gasteiger partial charge in [-0.3, -0.25) is 4.79 Å². The lowest BCUT2D eigenvalue weighted by Crippen LogP contribution is -2.14. The minimum atomic E-state index is -0.216. The maximum atomic E-state index is 12.2. The molecule has 0 aliphatic carbocycles. The molecule has 0 radical (unpaired) electrons. The van der Waals surface area contributed by atoms with E-state index in [0.29, 0.717) is 22.7 Å². The highest BCUT2D eigenvalue weighted by atomic mass is 16.7. The minimum absolute atomic E-state index is 0.211. The molecule has 3 rings (SSSR count). The van der Waals surface area contributed by atoms with Gasteiger partial charge >= 0.3 is 0 Å². The third kappa shape index (κ3) is 2.74. The van der Waals surface area contributed by atoms with Crippen LogP contribution in [0.1, 0.15) is 10.4 Å². The highest BCUT2D eigenvalue weighted by Crippen LogP contribution is 2.34. The van der Waals surface area contributed by atoms with Gasteiger partial charge in [-0.15, -0.1) is 0 Å². The van der Waals surface area contributed by atoms with Gasteiger partial charge < -0.3 is 19.7 Å². The SMILES string of the molecule is CN(C)c1ccc(C(=O)Nc2ccc3c(c2)OCO3)cn1. The Balaban J connectivity index is 1.74. The largest absolute Gasteiger partial charge is 0.454 e. The summed E-state index contributed by atoms with van der Waals surface area (Å²) in [6.07, 6.45) is 1.55. The number of amides is 1. The fourth-order valence-electron chi connectivity index (χ4n) is 1.96. The quantitative estimate of drug-likeness (QED) is 0.936. The molecule has 0 spiro atoms. The number of nitrogens with one attached hydrogen (secondary N) is 1. The fraction of sp³-hybridized carbons (Fsp3) is 0.200. The van der Waals surface area contributed by atoms with Gasteiger partial charge in [0, 0.05) is 32.0 Å². The van der Waals surface area contributed by atoms with Crippen LogP contribution in [0.4, 0.5) is 11.5 Å². The van der Waals surface area contributed by atoms with Crippen LogP contribution in [0.2, 0.25) is 0 Å². The molecule has 6 nitrogen and oxygen atoms in total. The average Bonchev–Trinajstić information content (AvgIpc) is 2.95. The van der Waals surface area contributed by atoms with Gasteiger partial charge in [0.15, 0.2) is 11.5 Å². The second kappa shape index (κ2) is 5.32. The van der Waals surface area contributed by atoms with E-state index in [1.54, 1.807) is 36.5 Å². The van der Waals surface area contributed by atoms with E-state index >= 15 is 0 Å². The minimum Gasteiger partial charge on any atom is -0.454 e. The number of nitrogens with zero attached hydrogens (tertiary/aromatic N) is 2. The van der Waals surface area contributed by atoms with Crippen molar-refractivity contribution >= 4 is 17.4 Å². The zero-order valence-corrected chi connectivity index (χ0v) is 11.8. The number of ether oxygens (including phenoxy) is 2. The Labute approximate surface area is 122 Å². The molecule has 21 heavy (non-hydrogen) atoms. The molecule has 2 heterocycles. The number of rotatable bonds is 3. The molecule has 1 aromatic carbocycles. The molecular weight excluding hydrogens is 270 g/mol. The lowest BCUT2D eigenvalue weighted by Gasteiger charge is -2.11. The Morgan fingerprint density at radius 1 is 1.19 bits per heavy atom. The Bertz CT molecular complexity index is 668. The molecule has 1 aliphatic heterocycles. The molecule has 0 bridgehead atoms. The molecule has 1 N–H and O–H groups in total. The Kier molecular flexibility index (Phi) is 3.35. The lowest BCUT2D eigenvalue weighted by atomic mass is 10.2. The number of hydrogen-bond acceptors (Lipinski definition) is 5. The van der Waals surface area contributed by atoms with E-state index in [-0.39, 0.29) is 12.7 Å². The first-order valence-corrected chi connectivity index (χ1v) is 6.48. The summed E-state index contributed by atoms with van der Waals surface area (Å²) < 4.78 is 10.5. The van der Waals surface area contributed by atoms with Crippen molar-refractivity contribution in [2.75, 3.05) is 31.1 Å². The summed E-state index contributed by atoms with van der Waals surface area (Å²) in [5, 5.41) is 2.81. The number of pyridine rings is 1. The van der Waals surface area contributed by atoms with Crippen molar-refractivity contribution in [3.63, 3.8) is 0 Å². The fourth-order valence-corrected chi connectivity index (χ4v) is 1.96. The number of carbonyl (C=O) groups is 1. The predicted octanol–water partition coefficient (Wildman–Crippen LogP) is 2.13. The van der Waals surface area contributed by atoms with Crippen molar-refractivity contribution in [3.05, 3.63) is 42.1 Å². The molecule has 2 aromatic rings. The van der Waals surface area contributed by atoms with Crippen LogP contribution in [0.3, 0.4) is 0 Å². The molecule has 0 saturated heterocycles. The van der Waals surface area contributed by atoms with Crippen LogP contribution in [-0.2, 0) is 0 Å². The number of aromatic nitrogens is 1. The number of anilines is 2. The summed E-state index contributed by atoms with van der Waals surface area (Å²) in [6.45, 7) is 0.211. The van der Waals surface area contributed by atoms with Crippen LogP contribution in [0.15, 0.2) is 36.5 Å². The van der Waals surface area contributed by atoms with Crippen LogP contribution in [0.25, 0.3) is 0 Å². The van der Waals surface area contributed by atoms with E-state index in [4.69, 9.17) is 9.47 Å². The van der Waals surface area contributed by atoms with Crippen molar-refractivity contribution in [2.24, 2.45) is 0 Å². The van der Waals surface area contributed by atoms with Gasteiger partial charge in [0.1, 0.15) is 5.82 Å². The summed E-state index contributed by atoms with van der Waals surface area (Å²) in [7, 11) is 3.80. The Hall–Kier alpha value is -2.76. The van der Waals surface area contributed by atoms with Crippen LogP contribution in [0, 0.1) is 0 Å². The predicted molar refractivity (Wildman–Crippen MR) is 79.1 cm³/mol. The molecule has 6 heteroatoms. The summed E-state index contributed by atoms with van der Waals surface area (Å²) in [6, 6.07) is 8.82. The Morgan fingerprint density at radius 2 is 2.00 bits per heavy atom. The van der Waals surface area contributed by atoms with Crippen molar-refractivity contribution in [1.29, 1.82) is 0 Å². The summed E-state index contributed by atoms with van der Waals surface area (Å²) >= 11 is 0. The lowest BCUT2D eigenvalue weighted by molar-refractivity contribution is 0.102. The average molecular weight is 285 g/mol. The van der Waals surface area contributed by atoms with E-state index in [2.05, 4.69) is 10.3 Å². The van der Waals surface area contributed by atoms with Crippen LogP contribution >= 0.6 is 0 Å². The van der Waals surface area contributed by atoms with Crippen molar-refractivity contribution in [2.45, 2.75) is 0 Å². The monoisotopic (exact) mass is 285 g/mol. The van der Waals surface area contributed by atoms with Crippen molar-refractivity contribution < 1.29 is 14.3 Å². The first kappa shape index (κ1) is 13.2. The van der Waals surface area contributed by atoms with Crippen LogP contribution in [-0.4, -0.2) is 31.8 Å². The summed E-state index contributed by atoms with van der Waals surface area (Å²) in [5.41, 5.74) is 1.15. The van der Waals surface area contributed by atoms with E-state index < -0.39 is 0 Å². The second-order valence-corrected chi connectivity index (χ2v) is 4.82. The standard InChI is InChI=1S/C15H15N3O3/c1-18(2)14-6-3-10(8-16-14)15(19)17-11-4-5-12-13(7-11)21-9-20-12/h3-8H,9H2,1-2H3,(H,17,19). The van der Waals surface area contributed by atoms with Gasteiger partial charge in [-0.25, -0.2) is 4.98 Å². The van der Waals surface area contributed by atoms with E-state index in [1.165, 1.54) is 0 Å². The van der Waals surface area contributed by atoms with Gasteiger partial charge in [0.2, 0.25) is 6.79 Å². The first-order valence-electron chi connectivity index (χ1n) is 6.48. The highest BCUT2D eigenvalue weighted by Gasteiger charge is 2.14. The van der Waals surface area contributed by atoms with Crippen molar-refractivity contribution in [1.82, 2.24) is 4.98 Å². The van der Waals surface area contributed by atoms with E-state index in [0.717, 1.165) is 5.82 Å². The van der Waals surface area contributed by atoms with Crippen LogP contribution in [0.5, 0.6) is 11.5 Å². The normalized spacial score (nSPS) is 12.1. The number of fused-ring (bicyclic) bond motifs is 1. The molecule has 0 fully saturated rings. The third-order valence-electron chi connectivity index (χ3n) is 3.10. The molecule has 0 unspecified atom stereocenters. The smallest absolute Gasteiger partial charge is 0.257 e. The molecular formula is C15H15N3O3. The first-order chi connectivity index (χ1) is 10.1. The van der Waals surface area contributed by atoms with Gasteiger partial charge in [-0.1, -0.05) is 0 Å². The van der Waals surface area contributed by atoms with Gasteiger partial charge in [0.25, 0.3) is 5.91 Å². The van der Waals surface area contributed by atoms with Crippen LogP contribution < -0.4 is 19.7 Å². The topological polar surface area (TPSA) is 63.7 Å². The molecule has 108 valence electrons. The van der Waals surface area contributed by atoms with Gasteiger partial charge in [0.05, 0.1) is 5.56 Å². The molecule has 1 aromatic heterocycles. The molecule has 0 atom stereocenters. The maximum absolute atomic E-state index is 12.2. The van der Waals surface area contributed by atoms with Gasteiger partial charge in [-0.2, -0.15) is 0 Å². The number of hydrogen-bond donors (Lipinski definition) is 1. The number of carbonyl (C=O) groups excluding carboxylic acids is 1. The summed E-state index contributed by atoms with van der Waals surface area (Å²) in [4.78, 5) is 18.3. The van der Waals surface area contributed by atoms with Crippen molar-refractivity contribution in [3.8, 4) is 11.5 Å². The third-order valence-corrected chi connectivity index (χ3v) is 3.10. The highest BCUT2D eigenvalue weighted by molar-refractivity contribution is 6.04. The summed E-state index contributed by atoms with van der Waals surface area (Å²) in [5.74, 6) is 1.90. The second-order valence-electron chi connectivity index (χ2n) is 4.82. The van der Waals surface area contributed by atoms with Gasteiger partial charge in [-0.05, 0) is 24.3 Å². The van der Waals surface area contributed by atoms with E-state index in [1.807, 2.05) is 19.0 Å². The molecule has 0 saturated carbocycles.